The largest absolute Gasteiger partial charge is 0.408 e. The van der Waals surface area contributed by atoms with Crippen molar-refractivity contribution in [3.8, 4) is 29.2 Å². The van der Waals surface area contributed by atoms with E-state index in [1.54, 1.807) is 10.9 Å². The van der Waals surface area contributed by atoms with Gasteiger partial charge in [-0.25, -0.2) is 9.97 Å². The molecule has 230 valence electrons. The average Bonchev–Trinajstić information content (AvgIpc) is 3.74. The number of rotatable bonds is 6. The van der Waals surface area contributed by atoms with Gasteiger partial charge in [-0.1, -0.05) is 20.3 Å². The van der Waals surface area contributed by atoms with Crippen LogP contribution >= 0.6 is 11.3 Å². The lowest BCUT2D eigenvalue weighted by Gasteiger charge is -2.41. The van der Waals surface area contributed by atoms with Gasteiger partial charge in [0, 0.05) is 31.0 Å². The number of anilines is 2. The molecule has 0 amide bonds. The van der Waals surface area contributed by atoms with Gasteiger partial charge in [0.2, 0.25) is 5.95 Å². The molecule has 1 aliphatic rings. The van der Waals surface area contributed by atoms with Gasteiger partial charge >= 0.3 is 6.18 Å². The number of thiophene rings is 1. The van der Waals surface area contributed by atoms with E-state index < -0.39 is 12.7 Å². The van der Waals surface area contributed by atoms with Crippen LogP contribution in [0.4, 0.5) is 24.8 Å². The van der Waals surface area contributed by atoms with Crippen molar-refractivity contribution >= 4 is 46.8 Å². The van der Waals surface area contributed by atoms with E-state index in [-0.39, 0.29) is 11.5 Å². The molecule has 4 aromatic rings. The van der Waals surface area contributed by atoms with Gasteiger partial charge in [0.25, 0.3) is 0 Å². The molecule has 43 heavy (non-hydrogen) atoms. The van der Waals surface area contributed by atoms with Gasteiger partial charge in [-0.05, 0) is 25.3 Å². The van der Waals surface area contributed by atoms with Gasteiger partial charge in [-0.3, -0.25) is 9.36 Å². The van der Waals surface area contributed by atoms with Gasteiger partial charge in [0.05, 0.1) is 46.5 Å². The Morgan fingerprint density at radius 1 is 1.09 bits per heavy atom. The molecule has 4 aromatic heterocycles. The topological polar surface area (TPSA) is 143 Å². The molecule has 0 spiro atoms. The second kappa shape index (κ2) is 18.0. The summed E-state index contributed by atoms with van der Waals surface area (Å²) >= 11 is 1.49. The molecule has 5 rings (SSSR count). The van der Waals surface area contributed by atoms with Crippen LogP contribution < -0.4 is 10.6 Å². The predicted octanol–water partition coefficient (Wildman–Crippen LogP) is 5.35. The minimum Gasteiger partial charge on any atom is -0.321 e. The maximum atomic E-state index is 12.6. The Morgan fingerprint density at radius 2 is 1.74 bits per heavy atom. The van der Waals surface area contributed by atoms with Crippen LogP contribution in [0.1, 0.15) is 40.5 Å². The fourth-order valence-corrected chi connectivity index (χ4v) is 4.42. The number of carbonyl (C=O) groups is 2. The highest BCUT2D eigenvalue weighted by atomic mass is 32.1. The molecule has 0 bridgehead atoms. The van der Waals surface area contributed by atoms with Crippen LogP contribution in [0.15, 0.2) is 36.2 Å². The summed E-state index contributed by atoms with van der Waals surface area (Å²) in [6, 6.07) is 4.07. The summed E-state index contributed by atoms with van der Waals surface area (Å²) in [7, 11) is 0. The highest BCUT2D eigenvalue weighted by molar-refractivity contribution is 7.17. The van der Waals surface area contributed by atoms with Crippen molar-refractivity contribution in [1.82, 2.24) is 34.8 Å². The minimum absolute atomic E-state index is 0.238. The SMILES string of the molecule is C=O.C=O.CC#CC.CCC.N#CCC1(n2cc(-c3nc(Nc4cnn(CC(F)(F)F)c4)nc4ccsc34)cn2)CNC1. The third-order valence-corrected chi connectivity index (χ3v) is 6.35. The van der Waals surface area contributed by atoms with Crippen LogP contribution in [-0.2, 0) is 21.7 Å². The van der Waals surface area contributed by atoms with E-state index in [4.69, 9.17) is 9.59 Å². The smallest absolute Gasteiger partial charge is 0.321 e. The molecule has 0 radical (unpaired) electrons. The van der Waals surface area contributed by atoms with E-state index in [2.05, 4.69) is 62.6 Å². The molecule has 0 saturated carbocycles. The maximum Gasteiger partial charge on any atom is 0.408 e. The molecule has 0 unspecified atom stereocenters. The minimum atomic E-state index is -4.36. The molecule has 15 heteroatoms. The number of halogens is 3. The van der Waals surface area contributed by atoms with Crippen LogP contribution in [-0.4, -0.2) is 62.4 Å². The quantitative estimate of drug-likeness (QED) is 0.274. The average molecular weight is 618 g/mol. The van der Waals surface area contributed by atoms with Crippen molar-refractivity contribution in [3.63, 3.8) is 0 Å². The summed E-state index contributed by atoms with van der Waals surface area (Å²) in [4.78, 5) is 25.1. The van der Waals surface area contributed by atoms with Crippen molar-refractivity contribution in [1.29, 1.82) is 5.26 Å². The fourth-order valence-electron chi connectivity index (χ4n) is 3.58. The van der Waals surface area contributed by atoms with Gasteiger partial charge in [0.1, 0.15) is 25.7 Å². The summed E-state index contributed by atoms with van der Waals surface area (Å²) < 4.78 is 41.2. The van der Waals surface area contributed by atoms with E-state index in [0.29, 0.717) is 36.4 Å². The highest BCUT2D eigenvalue weighted by Gasteiger charge is 2.39. The first kappa shape index (κ1) is 36.4. The summed E-state index contributed by atoms with van der Waals surface area (Å²) in [5.41, 5.74) is 2.10. The number of carbonyl (C=O) groups excluding carboxylic acids is 2. The number of nitriles is 1. The number of nitrogens with zero attached hydrogens (tertiary/aromatic N) is 7. The van der Waals surface area contributed by atoms with E-state index in [0.717, 1.165) is 14.9 Å². The maximum absolute atomic E-state index is 12.6. The Kier molecular flexibility index (Phi) is 15.3. The Labute approximate surface area is 252 Å². The van der Waals surface area contributed by atoms with Crippen LogP contribution in [0.2, 0.25) is 0 Å². The first-order chi connectivity index (χ1) is 20.7. The molecule has 11 nitrogen and oxygen atoms in total. The lowest BCUT2D eigenvalue weighted by molar-refractivity contribution is -0.142. The van der Waals surface area contributed by atoms with Crippen LogP contribution in [0, 0.1) is 23.2 Å². The van der Waals surface area contributed by atoms with Crippen molar-refractivity contribution in [3.05, 3.63) is 36.2 Å². The zero-order valence-corrected chi connectivity index (χ0v) is 25.2. The second-order valence-electron chi connectivity index (χ2n) is 8.74. The van der Waals surface area contributed by atoms with Gasteiger partial charge in [-0.15, -0.1) is 23.2 Å². The first-order valence-electron chi connectivity index (χ1n) is 12.8. The van der Waals surface area contributed by atoms with Gasteiger partial charge < -0.3 is 20.2 Å². The summed E-state index contributed by atoms with van der Waals surface area (Å²) in [6.07, 6.45) is 3.34. The normalized spacial score (nSPS) is 12.4. The number of aromatic nitrogens is 6. The zero-order valence-electron chi connectivity index (χ0n) is 24.4. The Balaban J connectivity index is 0.000000741. The van der Waals surface area contributed by atoms with E-state index in [1.165, 1.54) is 30.2 Å². The Morgan fingerprint density at radius 3 is 2.28 bits per heavy atom. The molecule has 0 aliphatic carbocycles. The van der Waals surface area contributed by atoms with E-state index in [1.807, 2.05) is 45.1 Å². The lowest BCUT2D eigenvalue weighted by Crippen LogP contribution is -2.60. The van der Waals surface area contributed by atoms with Crippen molar-refractivity contribution < 1.29 is 22.8 Å². The molecular formula is C28H34F3N9O2S. The highest BCUT2D eigenvalue weighted by Crippen LogP contribution is 2.33. The molecule has 0 atom stereocenters. The van der Waals surface area contributed by atoms with Gasteiger partial charge in [0.15, 0.2) is 0 Å². The van der Waals surface area contributed by atoms with Crippen LogP contribution in [0.5, 0.6) is 0 Å². The molecule has 1 aliphatic heterocycles. The Hall–Kier alpha value is -4.60. The third kappa shape index (κ3) is 10.3. The van der Waals surface area contributed by atoms with Crippen molar-refractivity contribution in [2.24, 2.45) is 0 Å². The summed E-state index contributed by atoms with van der Waals surface area (Å²) in [5.74, 6) is 5.60. The molecule has 0 aromatic carbocycles. The molecule has 1 saturated heterocycles. The summed E-state index contributed by atoms with van der Waals surface area (Å²) in [5, 5.41) is 25.4. The van der Waals surface area contributed by atoms with E-state index in [9.17, 15) is 18.4 Å². The van der Waals surface area contributed by atoms with Crippen molar-refractivity contribution in [2.45, 2.75) is 58.8 Å². The number of nitrogens with one attached hydrogen (secondary N) is 2. The predicted molar refractivity (Wildman–Crippen MR) is 161 cm³/mol. The Bertz CT molecular complexity index is 1500. The monoisotopic (exact) mass is 617 g/mol. The number of hydrogen-bond acceptors (Lipinski definition) is 10. The first-order valence-corrected chi connectivity index (χ1v) is 13.7. The van der Waals surface area contributed by atoms with E-state index >= 15 is 0 Å². The molecular weight excluding hydrogens is 583 g/mol. The number of fused-ring (bicyclic) bond motifs is 1. The third-order valence-electron chi connectivity index (χ3n) is 5.44. The molecule has 2 N–H and O–H groups in total. The standard InChI is InChI=1S/C19H16F3N9S.C4H6.C3H8.2CH2O/c20-19(21,22)11-30-8-13(6-25-30)27-17-28-14-1-4-32-16(14)15(29-17)12-5-26-31(7-12)18(2-3-23)9-24-10-18;1-3-4-2;1-3-2;2*1-2/h1,4-8,24H,2,9-11H2,(H,27,28,29);1-2H3;3H2,1-2H3;2*1H2. The lowest BCUT2D eigenvalue weighted by atomic mass is 9.89. The summed E-state index contributed by atoms with van der Waals surface area (Å²) in [6.45, 7) is 12.0. The number of hydrogen-bond donors (Lipinski definition) is 2. The molecule has 5 heterocycles. The zero-order chi connectivity index (χ0) is 32.5. The van der Waals surface area contributed by atoms with Gasteiger partial charge in [-0.2, -0.15) is 28.6 Å². The van der Waals surface area contributed by atoms with Crippen molar-refractivity contribution in [2.75, 3.05) is 18.4 Å². The fraction of sp³-hybridized carbons (Fsp3) is 0.393. The second-order valence-corrected chi connectivity index (χ2v) is 9.66. The number of alkyl halides is 3. The van der Waals surface area contributed by atoms with Crippen LogP contribution in [0.25, 0.3) is 21.5 Å². The molecule has 1 fully saturated rings. The van der Waals surface area contributed by atoms with Crippen LogP contribution in [0.3, 0.4) is 0 Å².